The first-order chi connectivity index (χ1) is 8.04. The molecule has 1 rings (SSSR count). The molecule has 94 valence electrons. The number of carbonyl (C=O) groups is 2. The lowest BCUT2D eigenvalue weighted by Crippen LogP contribution is -2.35. The van der Waals surface area contributed by atoms with Gasteiger partial charge in [-0.3, -0.25) is 10.1 Å². The molecule has 0 fully saturated rings. The monoisotopic (exact) mass is 258 g/mol. The smallest absolute Gasteiger partial charge is 0.365 e. The highest BCUT2D eigenvalue weighted by atomic mass is 32.1. The number of rotatable bonds is 6. The van der Waals surface area contributed by atoms with Gasteiger partial charge < -0.3 is 9.84 Å². The summed E-state index contributed by atoms with van der Waals surface area (Å²) in [6.07, 6.45) is 0. The van der Waals surface area contributed by atoms with E-state index in [2.05, 4.69) is 10.3 Å². The number of hydrogen-bond acceptors (Lipinski definition) is 6. The van der Waals surface area contributed by atoms with Gasteiger partial charge in [-0.25, -0.2) is 9.78 Å². The molecule has 1 aromatic heterocycles. The third-order valence-corrected chi connectivity index (χ3v) is 2.84. The minimum absolute atomic E-state index is 0.0468. The van der Waals surface area contributed by atoms with Crippen molar-refractivity contribution in [2.24, 2.45) is 0 Å². The van der Waals surface area contributed by atoms with Crippen LogP contribution >= 0.6 is 11.3 Å². The lowest BCUT2D eigenvalue weighted by Gasteiger charge is -2.11. The number of ether oxygens (including phenoxy) is 1. The number of nitrogens with zero attached hydrogens (tertiary/aromatic N) is 1. The summed E-state index contributed by atoms with van der Waals surface area (Å²) in [4.78, 5) is 25.8. The van der Waals surface area contributed by atoms with E-state index in [0.717, 1.165) is 11.3 Å². The van der Waals surface area contributed by atoms with Crippen molar-refractivity contribution in [2.75, 3.05) is 6.61 Å². The maximum atomic E-state index is 11.3. The molecule has 17 heavy (non-hydrogen) atoms. The molecular formula is C10H14N2O4S. The summed E-state index contributed by atoms with van der Waals surface area (Å²) in [6, 6.07) is -0.440. The predicted molar refractivity (Wildman–Crippen MR) is 62.0 cm³/mol. The highest BCUT2D eigenvalue weighted by Gasteiger charge is 2.14. The molecule has 0 bridgehead atoms. The van der Waals surface area contributed by atoms with E-state index >= 15 is 0 Å². The van der Waals surface area contributed by atoms with Crippen molar-refractivity contribution in [3.05, 3.63) is 16.1 Å². The molecule has 2 N–H and O–H groups in total. The van der Waals surface area contributed by atoms with E-state index in [1.54, 1.807) is 19.2 Å². The topological polar surface area (TPSA) is 88.5 Å². The number of aromatic nitrogens is 1. The number of thiazole rings is 1. The first kappa shape index (κ1) is 13.6. The molecule has 0 aromatic carbocycles. The summed E-state index contributed by atoms with van der Waals surface area (Å²) in [5.74, 6) is -1.37. The second-order valence-electron chi connectivity index (χ2n) is 3.30. The molecule has 0 saturated heterocycles. The van der Waals surface area contributed by atoms with Crippen LogP contribution in [0.2, 0.25) is 0 Å². The van der Waals surface area contributed by atoms with Crippen LogP contribution in [0, 0.1) is 0 Å². The lowest BCUT2D eigenvalue weighted by molar-refractivity contribution is -0.145. The summed E-state index contributed by atoms with van der Waals surface area (Å²) in [5.41, 5.74) is 0.601. The first-order valence-electron chi connectivity index (χ1n) is 5.12. The van der Waals surface area contributed by atoms with E-state index in [0.29, 0.717) is 18.8 Å². The van der Waals surface area contributed by atoms with Gasteiger partial charge in [0.1, 0.15) is 6.04 Å². The second-order valence-corrected chi connectivity index (χ2v) is 4.16. The molecule has 0 spiro atoms. The molecule has 1 aromatic rings. The summed E-state index contributed by atoms with van der Waals surface area (Å²) in [6.45, 7) is 4.10. The number of aromatic carboxylic acids is 1. The van der Waals surface area contributed by atoms with Gasteiger partial charge in [0.05, 0.1) is 12.3 Å². The van der Waals surface area contributed by atoms with Gasteiger partial charge in [-0.05, 0) is 13.8 Å². The van der Waals surface area contributed by atoms with Crippen molar-refractivity contribution in [2.45, 2.75) is 26.4 Å². The molecule has 1 heterocycles. The van der Waals surface area contributed by atoms with Gasteiger partial charge in [0.25, 0.3) is 0 Å². The maximum absolute atomic E-state index is 11.3. The number of esters is 1. The van der Waals surface area contributed by atoms with Gasteiger partial charge in [0, 0.05) is 11.9 Å². The lowest BCUT2D eigenvalue weighted by atomic mass is 10.3. The van der Waals surface area contributed by atoms with Crippen LogP contribution in [0.5, 0.6) is 0 Å². The minimum Gasteiger partial charge on any atom is -0.476 e. The van der Waals surface area contributed by atoms with Crippen LogP contribution in [0.1, 0.15) is 29.3 Å². The summed E-state index contributed by atoms with van der Waals surface area (Å²) in [5, 5.41) is 13.3. The van der Waals surface area contributed by atoms with Crippen LogP contribution in [-0.2, 0) is 16.1 Å². The Bertz CT molecular complexity index is 405. The molecule has 0 aliphatic carbocycles. The number of carboxylic acid groups (broad SMARTS) is 1. The molecule has 1 unspecified atom stereocenters. The summed E-state index contributed by atoms with van der Waals surface area (Å²) in [7, 11) is 0. The zero-order chi connectivity index (χ0) is 12.8. The number of nitrogens with one attached hydrogen (secondary N) is 1. The fourth-order valence-electron chi connectivity index (χ4n) is 1.09. The van der Waals surface area contributed by atoms with Crippen LogP contribution in [-0.4, -0.2) is 34.7 Å². The highest BCUT2D eigenvalue weighted by Crippen LogP contribution is 2.09. The first-order valence-corrected chi connectivity index (χ1v) is 6.00. The molecule has 0 aliphatic rings. The number of carbonyl (C=O) groups excluding carboxylic acids is 1. The quantitative estimate of drug-likeness (QED) is 0.736. The fourth-order valence-corrected chi connectivity index (χ4v) is 1.75. The van der Waals surface area contributed by atoms with Crippen molar-refractivity contribution in [3.8, 4) is 0 Å². The van der Waals surface area contributed by atoms with Crippen molar-refractivity contribution in [3.63, 3.8) is 0 Å². The summed E-state index contributed by atoms with van der Waals surface area (Å²) >= 11 is 1.06. The van der Waals surface area contributed by atoms with Crippen LogP contribution in [0.15, 0.2) is 5.38 Å². The second kappa shape index (κ2) is 6.31. The third kappa shape index (κ3) is 4.12. The van der Waals surface area contributed by atoms with Gasteiger partial charge in [0.15, 0.2) is 0 Å². The molecule has 0 saturated carbocycles. The van der Waals surface area contributed by atoms with Crippen molar-refractivity contribution < 1.29 is 19.4 Å². The fraction of sp³-hybridized carbons (Fsp3) is 0.500. The van der Waals surface area contributed by atoms with Crippen LogP contribution in [0.4, 0.5) is 0 Å². The van der Waals surface area contributed by atoms with Gasteiger partial charge in [-0.15, -0.1) is 11.3 Å². The maximum Gasteiger partial charge on any atom is 0.365 e. The van der Waals surface area contributed by atoms with E-state index in [1.165, 1.54) is 0 Å². The Balaban J connectivity index is 2.44. The van der Waals surface area contributed by atoms with E-state index < -0.39 is 12.0 Å². The Morgan fingerprint density at radius 3 is 2.88 bits per heavy atom. The summed E-state index contributed by atoms with van der Waals surface area (Å²) < 4.78 is 4.82. The number of hydrogen-bond donors (Lipinski definition) is 2. The molecule has 7 heteroatoms. The molecule has 1 atom stereocenters. The Morgan fingerprint density at radius 1 is 1.65 bits per heavy atom. The Morgan fingerprint density at radius 2 is 2.35 bits per heavy atom. The van der Waals surface area contributed by atoms with Gasteiger partial charge in [-0.1, -0.05) is 0 Å². The minimum atomic E-state index is -1.04. The van der Waals surface area contributed by atoms with E-state index in [9.17, 15) is 9.59 Å². The largest absolute Gasteiger partial charge is 0.476 e. The van der Waals surface area contributed by atoms with Gasteiger partial charge >= 0.3 is 11.9 Å². The zero-order valence-corrected chi connectivity index (χ0v) is 10.4. The van der Waals surface area contributed by atoms with Crippen LogP contribution < -0.4 is 5.32 Å². The van der Waals surface area contributed by atoms with Crippen molar-refractivity contribution >= 4 is 23.3 Å². The van der Waals surface area contributed by atoms with Crippen molar-refractivity contribution in [1.29, 1.82) is 0 Å². The molecule has 0 aliphatic heterocycles. The highest BCUT2D eigenvalue weighted by molar-refractivity contribution is 7.11. The molecule has 0 radical (unpaired) electrons. The third-order valence-electron chi connectivity index (χ3n) is 1.96. The molecule has 0 amide bonds. The number of carboxylic acids is 1. The normalized spacial score (nSPS) is 12.1. The van der Waals surface area contributed by atoms with Crippen molar-refractivity contribution in [1.82, 2.24) is 10.3 Å². The van der Waals surface area contributed by atoms with Gasteiger partial charge in [-0.2, -0.15) is 0 Å². The van der Waals surface area contributed by atoms with Gasteiger partial charge in [0.2, 0.25) is 5.01 Å². The Kier molecular flexibility index (Phi) is 5.05. The Labute approximate surface area is 103 Å². The van der Waals surface area contributed by atoms with E-state index in [-0.39, 0.29) is 11.0 Å². The predicted octanol–water partition coefficient (Wildman–Crippen LogP) is 0.883. The average molecular weight is 258 g/mol. The molecule has 6 nitrogen and oxygen atoms in total. The standard InChI is InChI=1S/C10H14N2O4S/c1-3-16-10(15)6(2)11-4-7-5-17-8(12-7)9(13)14/h5-6,11H,3-4H2,1-2H3,(H,13,14). The van der Waals surface area contributed by atoms with Crippen LogP contribution in [0.3, 0.4) is 0 Å². The Hall–Kier alpha value is -1.47. The molecular weight excluding hydrogens is 244 g/mol. The van der Waals surface area contributed by atoms with Crippen LogP contribution in [0.25, 0.3) is 0 Å². The zero-order valence-electron chi connectivity index (χ0n) is 9.60. The average Bonchev–Trinajstić information content (AvgIpc) is 2.75. The SMILES string of the molecule is CCOC(=O)C(C)NCc1csc(C(=O)O)n1. The van der Waals surface area contributed by atoms with E-state index in [4.69, 9.17) is 9.84 Å². The van der Waals surface area contributed by atoms with E-state index in [1.807, 2.05) is 0 Å².